The fourth-order valence-electron chi connectivity index (χ4n) is 0.992. The zero-order valence-corrected chi connectivity index (χ0v) is 7.36. The van der Waals surface area contributed by atoms with Crippen molar-refractivity contribution in [2.45, 2.75) is 0 Å². The number of rotatable bonds is 2. The molecule has 1 aromatic heterocycles. The van der Waals surface area contributed by atoms with E-state index in [9.17, 15) is 0 Å². The van der Waals surface area contributed by atoms with Gasteiger partial charge in [-0.15, -0.1) is 0 Å². The number of aromatic nitrogens is 1. The molecule has 2 aromatic rings. The lowest BCUT2D eigenvalue weighted by molar-refractivity contribution is 0.288. The van der Waals surface area contributed by atoms with Crippen LogP contribution < -0.4 is 4.65 Å². The van der Waals surface area contributed by atoms with E-state index in [1.54, 1.807) is 0 Å². The van der Waals surface area contributed by atoms with Gasteiger partial charge in [0.1, 0.15) is 0 Å². The van der Waals surface area contributed by atoms with Gasteiger partial charge in [0.15, 0.2) is 0 Å². The van der Waals surface area contributed by atoms with Crippen LogP contribution in [0.2, 0.25) is 0 Å². The molecular formula is C7H6BNO3S. The number of para-hydroxylation sites is 1. The van der Waals surface area contributed by atoms with Gasteiger partial charge in [-0.2, -0.15) is 0 Å². The molecule has 0 radical (unpaired) electrons. The first kappa shape index (κ1) is 8.49. The first-order valence-electron chi connectivity index (χ1n) is 3.64. The van der Waals surface area contributed by atoms with Gasteiger partial charge in [0.05, 0.1) is 10.2 Å². The van der Waals surface area contributed by atoms with E-state index < -0.39 is 7.32 Å². The molecule has 1 heterocycles. The van der Waals surface area contributed by atoms with Crippen LogP contribution in [0, 0.1) is 0 Å². The van der Waals surface area contributed by atoms with Crippen molar-refractivity contribution in [3.63, 3.8) is 0 Å². The van der Waals surface area contributed by atoms with Crippen molar-refractivity contribution in [2.24, 2.45) is 0 Å². The molecule has 0 spiro atoms. The van der Waals surface area contributed by atoms with E-state index in [1.807, 2.05) is 24.3 Å². The quantitative estimate of drug-likeness (QED) is 0.690. The van der Waals surface area contributed by atoms with Crippen molar-refractivity contribution in [3.05, 3.63) is 24.3 Å². The van der Waals surface area contributed by atoms with Crippen molar-refractivity contribution >= 4 is 28.9 Å². The second-order valence-electron chi connectivity index (χ2n) is 2.39. The van der Waals surface area contributed by atoms with Gasteiger partial charge < -0.3 is 14.7 Å². The number of hydrogen-bond donors (Lipinski definition) is 2. The Morgan fingerprint density at radius 2 is 2.08 bits per heavy atom. The largest absolute Gasteiger partial charge is 0.709 e. The summed E-state index contributed by atoms with van der Waals surface area (Å²) in [4.78, 5) is 4.03. The number of thiazole rings is 1. The van der Waals surface area contributed by atoms with Crippen molar-refractivity contribution < 1.29 is 14.7 Å². The third kappa shape index (κ3) is 1.80. The lowest BCUT2D eigenvalue weighted by atomic mass is 10.3. The summed E-state index contributed by atoms with van der Waals surface area (Å²) in [6.07, 6.45) is 0. The highest BCUT2D eigenvalue weighted by Gasteiger charge is 2.14. The van der Waals surface area contributed by atoms with Gasteiger partial charge in [-0.1, -0.05) is 23.5 Å². The predicted molar refractivity (Wildman–Crippen MR) is 50.4 cm³/mol. The molecule has 0 aliphatic heterocycles. The van der Waals surface area contributed by atoms with Crippen LogP contribution >= 0.6 is 11.3 Å². The highest BCUT2D eigenvalue weighted by Crippen LogP contribution is 2.27. The third-order valence-electron chi connectivity index (χ3n) is 1.48. The molecule has 13 heavy (non-hydrogen) atoms. The van der Waals surface area contributed by atoms with Crippen LogP contribution in [0.3, 0.4) is 0 Å². The number of hydrogen-bond acceptors (Lipinski definition) is 5. The molecule has 6 heteroatoms. The van der Waals surface area contributed by atoms with Crippen LogP contribution in [0.1, 0.15) is 0 Å². The van der Waals surface area contributed by atoms with E-state index in [4.69, 9.17) is 10.0 Å². The summed E-state index contributed by atoms with van der Waals surface area (Å²) >= 11 is 1.27. The monoisotopic (exact) mass is 195 g/mol. The fraction of sp³-hybridized carbons (Fsp3) is 0. The standard InChI is InChI=1S/C7H6BNO3S/c10-8(11)12-7-9-5-3-1-2-4-6(5)13-7/h1-4,10-11H. The highest BCUT2D eigenvalue weighted by atomic mass is 32.1. The average molecular weight is 195 g/mol. The Balaban J connectivity index is 2.38. The maximum absolute atomic E-state index is 8.53. The van der Waals surface area contributed by atoms with E-state index in [1.165, 1.54) is 11.3 Å². The van der Waals surface area contributed by atoms with Crippen LogP contribution in [0.15, 0.2) is 24.3 Å². The molecule has 66 valence electrons. The summed E-state index contributed by atoms with van der Waals surface area (Å²) in [6, 6.07) is 7.48. The van der Waals surface area contributed by atoms with Crippen molar-refractivity contribution in [1.82, 2.24) is 4.98 Å². The van der Waals surface area contributed by atoms with E-state index in [0.29, 0.717) is 0 Å². The van der Waals surface area contributed by atoms with E-state index >= 15 is 0 Å². The van der Waals surface area contributed by atoms with Gasteiger partial charge >= 0.3 is 7.32 Å². The van der Waals surface area contributed by atoms with Crippen molar-refractivity contribution in [3.8, 4) is 5.19 Å². The Hall–Kier alpha value is -1.11. The lowest BCUT2D eigenvalue weighted by Crippen LogP contribution is -2.20. The molecule has 4 nitrogen and oxygen atoms in total. The predicted octanol–water partition coefficient (Wildman–Crippen LogP) is 0.645. The molecule has 0 amide bonds. The van der Waals surface area contributed by atoms with Gasteiger partial charge in [0, 0.05) is 0 Å². The smallest absolute Gasteiger partial charge is 0.490 e. The molecule has 0 unspecified atom stereocenters. The Bertz CT molecular complexity index is 384. The Morgan fingerprint density at radius 3 is 2.77 bits per heavy atom. The van der Waals surface area contributed by atoms with Crippen LogP contribution in [0.5, 0.6) is 5.19 Å². The first-order valence-corrected chi connectivity index (χ1v) is 4.46. The van der Waals surface area contributed by atoms with Gasteiger partial charge in [-0.05, 0) is 12.1 Å². The zero-order valence-electron chi connectivity index (χ0n) is 6.54. The molecule has 0 aliphatic rings. The molecule has 0 saturated heterocycles. The summed E-state index contributed by atoms with van der Waals surface area (Å²) in [6.45, 7) is 0. The van der Waals surface area contributed by atoms with Gasteiger partial charge in [-0.3, -0.25) is 0 Å². The van der Waals surface area contributed by atoms with Gasteiger partial charge in [0.2, 0.25) is 0 Å². The van der Waals surface area contributed by atoms with Gasteiger partial charge in [0.25, 0.3) is 5.19 Å². The highest BCUT2D eigenvalue weighted by molar-refractivity contribution is 7.20. The molecular weight excluding hydrogens is 189 g/mol. The van der Waals surface area contributed by atoms with Crippen molar-refractivity contribution in [2.75, 3.05) is 0 Å². The van der Waals surface area contributed by atoms with Crippen LogP contribution in [-0.2, 0) is 0 Å². The van der Waals surface area contributed by atoms with E-state index in [2.05, 4.69) is 9.64 Å². The minimum Gasteiger partial charge on any atom is -0.490 e. The molecule has 0 atom stereocenters. The number of fused-ring (bicyclic) bond motifs is 1. The molecule has 0 aliphatic carbocycles. The summed E-state index contributed by atoms with van der Waals surface area (Å²) in [5, 5.41) is 17.3. The second-order valence-corrected chi connectivity index (χ2v) is 3.38. The Kier molecular flexibility index (Phi) is 2.18. The molecule has 2 rings (SSSR count). The van der Waals surface area contributed by atoms with Crippen LogP contribution in [-0.4, -0.2) is 22.4 Å². The summed E-state index contributed by atoms with van der Waals surface area (Å²) in [7, 11) is -1.81. The molecule has 0 bridgehead atoms. The number of benzene rings is 1. The Labute approximate surface area is 78.6 Å². The topological polar surface area (TPSA) is 62.6 Å². The SMILES string of the molecule is OB(O)Oc1nc2ccccc2s1. The second kappa shape index (κ2) is 3.33. The minimum absolute atomic E-state index is 0.260. The van der Waals surface area contributed by atoms with Crippen LogP contribution in [0.25, 0.3) is 10.2 Å². The lowest BCUT2D eigenvalue weighted by Gasteiger charge is -1.95. The molecule has 1 aromatic carbocycles. The minimum atomic E-state index is -1.81. The summed E-state index contributed by atoms with van der Waals surface area (Å²) in [5.41, 5.74) is 0.795. The maximum Gasteiger partial charge on any atom is 0.709 e. The van der Waals surface area contributed by atoms with Crippen molar-refractivity contribution in [1.29, 1.82) is 0 Å². The van der Waals surface area contributed by atoms with Crippen LogP contribution in [0.4, 0.5) is 0 Å². The molecule has 0 saturated carbocycles. The average Bonchev–Trinajstić information content (AvgIpc) is 2.44. The van der Waals surface area contributed by atoms with E-state index in [-0.39, 0.29) is 5.19 Å². The zero-order chi connectivity index (χ0) is 9.26. The third-order valence-corrected chi connectivity index (χ3v) is 2.41. The summed E-state index contributed by atoms with van der Waals surface area (Å²) < 4.78 is 5.57. The number of nitrogens with zero attached hydrogens (tertiary/aromatic N) is 1. The molecule has 2 N–H and O–H groups in total. The fourth-order valence-corrected chi connectivity index (χ4v) is 1.82. The Morgan fingerprint density at radius 1 is 1.31 bits per heavy atom. The normalized spacial score (nSPS) is 10.3. The molecule has 0 fully saturated rings. The van der Waals surface area contributed by atoms with Gasteiger partial charge in [-0.25, -0.2) is 4.98 Å². The van der Waals surface area contributed by atoms with E-state index in [0.717, 1.165) is 10.2 Å². The summed E-state index contributed by atoms with van der Waals surface area (Å²) in [5.74, 6) is 0. The first-order chi connectivity index (χ1) is 6.25. The maximum atomic E-state index is 8.53.